The SMILES string of the molecule is CCCN(CC)CCNC(=O)CC1CCCN1. The molecule has 1 amide bonds. The van der Waals surface area contributed by atoms with Gasteiger partial charge >= 0.3 is 0 Å². The number of carbonyl (C=O) groups is 1. The van der Waals surface area contributed by atoms with E-state index in [2.05, 4.69) is 29.4 Å². The predicted molar refractivity (Wildman–Crippen MR) is 71.1 cm³/mol. The summed E-state index contributed by atoms with van der Waals surface area (Å²) in [4.78, 5) is 14.0. The molecule has 1 fully saturated rings. The van der Waals surface area contributed by atoms with Crippen LogP contribution in [0.25, 0.3) is 0 Å². The Balaban J connectivity index is 2.06. The molecular formula is C13H27N3O. The molecule has 1 rings (SSSR count). The highest BCUT2D eigenvalue weighted by Crippen LogP contribution is 2.07. The van der Waals surface area contributed by atoms with E-state index in [4.69, 9.17) is 0 Å². The van der Waals surface area contributed by atoms with Crippen LogP contribution in [0, 0.1) is 0 Å². The molecule has 0 aromatic carbocycles. The third-order valence-corrected chi connectivity index (χ3v) is 3.33. The van der Waals surface area contributed by atoms with Gasteiger partial charge in [0.2, 0.25) is 5.91 Å². The largest absolute Gasteiger partial charge is 0.355 e. The van der Waals surface area contributed by atoms with E-state index in [9.17, 15) is 4.79 Å². The maximum absolute atomic E-state index is 11.7. The van der Waals surface area contributed by atoms with E-state index >= 15 is 0 Å². The Morgan fingerprint density at radius 1 is 1.41 bits per heavy atom. The summed E-state index contributed by atoms with van der Waals surface area (Å²) in [6.07, 6.45) is 4.16. The van der Waals surface area contributed by atoms with E-state index in [1.54, 1.807) is 0 Å². The minimum atomic E-state index is 0.192. The van der Waals surface area contributed by atoms with Gasteiger partial charge in [-0.25, -0.2) is 0 Å². The van der Waals surface area contributed by atoms with Gasteiger partial charge in [0.15, 0.2) is 0 Å². The van der Waals surface area contributed by atoms with Crippen molar-refractivity contribution in [2.24, 2.45) is 0 Å². The van der Waals surface area contributed by atoms with Crippen LogP contribution in [0.15, 0.2) is 0 Å². The predicted octanol–water partition coefficient (Wildman–Crippen LogP) is 0.977. The molecule has 4 heteroatoms. The standard InChI is InChI=1S/C13H27N3O/c1-3-9-16(4-2)10-8-15-13(17)11-12-6-5-7-14-12/h12,14H,3-11H2,1-2H3,(H,15,17). The molecule has 1 aliphatic rings. The number of nitrogens with one attached hydrogen (secondary N) is 2. The minimum absolute atomic E-state index is 0.192. The van der Waals surface area contributed by atoms with Crippen molar-refractivity contribution < 1.29 is 4.79 Å². The van der Waals surface area contributed by atoms with Crippen molar-refractivity contribution in [3.63, 3.8) is 0 Å². The van der Waals surface area contributed by atoms with Crippen LogP contribution in [0.2, 0.25) is 0 Å². The number of carbonyl (C=O) groups excluding carboxylic acids is 1. The molecular weight excluding hydrogens is 214 g/mol. The average molecular weight is 241 g/mol. The Labute approximate surface area is 105 Å². The second-order valence-electron chi connectivity index (χ2n) is 4.78. The van der Waals surface area contributed by atoms with Crippen LogP contribution in [-0.2, 0) is 4.79 Å². The van der Waals surface area contributed by atoms with Gasteiger partial charge in [-0.05, 0) is 38.9 Å². The van der Waals surface area contributed by atoms with Crippen LogP contribution >= 0.6 is 0 Å². The zero-order valence-electron chi connectivity index (χ0n) is 11.3. The van der Waals surface area contributed by atoms with Crippen molar-refractivity contribution in [1.29, 1.82) is 0 Å². The van der Waals surface area contributed by atoms with Crippen molar-refractivity contribution >= 4 is 5.91 Å². The van der Waals surface area contributed by atoms with Gasteiger partial charge in [-0.1, -0.05) is 13.8 Å². The lowest BCUT2D eigenvalue weighted by molar-refractivity contribution is -0.121. The molecule has 1 atom stereocenters. The van der Waals surface area contributed by atoms with E-state index < -0.39 is 0 Å². The van der Waals surface area contributed by atoms with Crippen LogP contribution in [0.3, 0.4) is 0 Å². The highest BCUT2D eigenvalue weighted by Gasteiger charge is 2.17. The van der Waals surface area contributed by atoms with E-state index in [0.717, 1.165) is 39.1 Å². The maximum atomic E-state index is 11.7. The van der Waals surface area contributed by atoms with Crippen molar-refractivity contribution in [3.05, 3.63) is 0 Å². The van der Waals surface area contributed by atoms with E-state index in [0.29, 0.717) is 12.5 Å². The Morgan fingerprint density at radius 3 is 2.82 bits per heavy atom. The first kappa shape index (κ1) is 14.5. The molecule has 1 unspecified atom stereocenters. The summed E-state index contributed by atoms with van der Waals surface area (Å²) in [5, 5.41) is 6.36. The first-order valence-corrected chi connectivity index (χ1v) is 6.98. The maximum Gasteiger partial charge on any atom is 0.221 e. The normalized spacial score (nSPS) is 19.8. The van der Waals surface area contributed by atoms with Gasteiger partial charge in [0.05, 0.1) is 0 Å². The van der Waals surface area contributed by atoms with Gasteiger partial charge in [-0.3, -0.25) is 4.79 Å². The lowest BCUT2D eigenvalue weighted by Gasteiger charge is -2.19. The summed E-state index contributed by atoms with van der Waals surface area (Å²) in [6.45, 7) is 9.35. The molecule has 0 bridgehead atoms. The zero-order valence-corrected chi connectivity index (χ0v) is 11.3. The molecule has 2 N–H and O–H groups in total. The van der Waals surface area contributed by atoms with Gasteiger partial charge in [-0.2, -0.15) is 0 Å². The molecule has 1 heterocycles. The molecule has 4 nitrogen and oxygen atoms in total. The first-order chi connectivity index (χ1) is 8.26. The summed E-state index contributed by atoms with van der Waals surface area (Å²) in [7, 11) is 0. The molecule has 1 saturated heterocycles. The van der Waals surface area contributed by atoms with E-state index in [-0.39, 0.29) is 5.91 Å². The lowest BCUT2D eigenvalue weighted by Crippen LogP contribution is -2.37. The van der Waals surface area contributed by atoms with Crippen LogP contribution in [0.5, 0.6) is 0 Å². The van der Waals surface area contributed by atoms with Gasteiger partial charge in [0, 0.05) is 25.6 Å². The van der Waals surface area contributed by atoms with Crippen LogP contribution in [-0.4, -0.2) is 49.6 Å². The van der Waals surface area contributed by atoms with Crippen molar-refractivity contribution in [2.45, 2.75) is 45.6 Å². The molecule has 0 aromatic rings. The zero-order chi connectivity index (χ0) is 12.5. The third-order valence-electron chi connectivity index (χ3n) is 3.33. The van der Waals surface area contributed by atoms with Crippen molar-refractivity contribution in [2.75, 3.05) is 32.7 Å². The minimum Gasteiger partial charge on any atom is -0.355 e. The monoisotopic (exact) mass is 241 g/mol. The van der Waals surface area contributed by atoms with Gasteiger partial charge in [0.1, 0.15) is 0 Å². The number of amides is 1. The van der Waals surface area contributed by atoms with Gasteiger partial charge < -0.3 is 15.5 Å². The van der Waals surface area contributed by atoms with Crippen molar-refractivity contribution in [1.82, 2.24) is 15.5 Å². The topological polar surface area (TPSA) is 44.4 Å². The molecule has 0 spiro atoms. The van der Waals surface area contributed by atoms with E-state index in [1.807, 2.05) is 0 Å². The fourth-order valence-electron chi connectivity index (χ4n) is 2.32. The molecule has 0 aliphatic carbocycles. The molecule has 1 aliphatic heterocycles. The molecule has 100 valence electrons. The van der Waals surface area contributed by atoms with Gasteiger partial charge in [-0.15, -0.1) is 0 Å². The molecule has 17 heavy (non-hydrogen) atoms. The number of hydrogen-bond acceptors (Lipinski definition) is 3. The Bertz CT molecular complexity index is 215. The first-order valence-electron chi connectivity index (χ1n) is 6.98. The number of likely N-dealkylation sites (N-methyl/N-ethyl adjacent to an activating group) is 1. The summed E-state index contributed by atoms with van der Waals surface area (Å²) >= 11 is 0. The van der Waals surface area contributed by atoms with Crippen LogP contribution in [0.1, 0.15) is 39.5 Å². The highest BCUT2D eigenvalue weighted by atomic mass is 16.1. The second-order valence-corrected chi connectivity index (χ2v) is 4.78. The van der Waals surface area contributed by atoms with Crippen molar-refractivity contribution in [3.8, 4) is 0 Å². The number of rotatable bonds is 8. The molecule has 0 radical (unpaired) electrons. The fraction of sp³-hybridized carbons (Fsp3) is 0.923. The van der Waals surface area contributed by atoms with Gasteiger partial charge in [0.25, 0.3) is 0 Å². The third kappa shape index (κ3) is 6.03. The number of hydrogen-bond donors (Lipinski definition) is 2. The Kier molecular flexibility index (Phi) is 7.21. The Hall–Kier alpha value is -0.610. The van der Waals surface area contributed by atoms with Crippen LogP contribution < -0.4 is 10.6 Å². The summed E-state index contributed by atoms with van der Waals surface area (Å²) in [6, 6.07) is 0.410. The van der Waals surface area contributed by atoms with Crippen LogP contribution in [0.4, 0.5) is 0 Å². The summed E-state index contributed by atoms with van der Waals surface area (Å²) in [5.74, 6) is 0.192. The van der Waals surface area contributed by atoms with E-state index in [1.165, 1.54) is 12.8 Å². The highest BCUT2D eigenvalue weighted by molar-refractivity contribution is 5.76. The summed E-state index contributed by atoms with van der Waals surface area (Å²) in [5.41, 5.74) is 0. The quantitative estimate of drug-likeness (QED) is 0.666. The Morgan fingerprint density at radius 2 is 2.24 bits per heavy atom. The lowest BCUT2D eigenvalue weighted by atomic mass is 10.1. The smallest absolute Gasteiger partial charge is 0.221 e. The molecule has 0 aromatic heterocycles. The summed E-state index contributed by atoms with van der Waals surface area (Å²) < 4.78 is 0. The number of nitrogens with zero attached hydrogens (tertiary/aromatic N) is 1. The second kappa shape index (κ2) is 8.48. The molecule has 0 saturated carbocycles. The fourth-order valence-corrected chi connectivity index (χ4v) is 2.32. The average Bonchev–Trinajstić information content (AvgIpc) is 2.80.